The van der Waals surface area contributed by atoms with Gasteiger partial charge in [0, 0.05) is 7.05 Å². The molecular formula is C5H11N2O2+. The van der Waals surface area contributed by atoms with Crippen molar-refractivity contribution in [1.29, 1.82) is 0 Å². The molecule has 0 bridgehead atoms. The molecule has 1 aliphatic heterocycles. The normalized spacial score (nSPS) is 35.9. The van der Waals surface area contributed by atoms with Gasteiger partial charge in [0.25, 0.3) is 0 Å². The molecule has 0 aromatic carbocycles. The Morgan fingerprint density at radius 3 is 2.44 bits per heavy atom. The highest BCUT2D eigenvalue weighted by atomic mass is 16.6. The van der Waals surface area contributed by atoms with E-state index in [1.54, 1.807) is 7.05 Å². The maximum absolute atomic E-state index is 10.9. The number of rotatable bonds is 0. The molecule has 4 nitrogen and oxygen atoms in total. The molecule has 1 heterocycles. The van der Waals surface area contributed by atoms with Gasteiger partial charge in [-0.25, -0.2) is 10.0 Å². The Hall–Kier alpha value is -0.610. The third kappa shape index (κ3) is 0.906. The molecule has 1 N–H and O–H groups in total. The second kappa shape index (κ2) is 1.68. The Labute approximate surface area is 53.8 Å². The van der Waals surface area contributed by atoms with Gasteiger partial charge in [0.15, 0.2) is 0 Å². The molecule has 9 heavy (non-hydrogen) atoms. The lowest BCUT2D eigenvalue weighted by atomic mass is 10.6. The zero-order chi connectivity index (χ0) is 7.07. The number of urea groups is 1. The summed E-state index contributed by atoms with van der Waals surface area (Å²) in [5.41, 5.74) is 0. The molecule has 1 atom stereocenters. The first kappa shape index (κ1) is 6.51. The molecule has 1 aliphatic rings. The molecule has 2 amide bonds. The smallest absolute Gasteiger partial charge is 0.287 e. The molecule has 0 spiro atoms. The van der Waals surface area contributed by atoms with Crippen molar-refractivity contribution in [2.75, 3.05) is 27.2 Å². The number of carbonyl (C=O) groups is 1. The molecule has 0 saturated carbocycles. The minimum absolute atomic E-state index is 0.227. The number of hydrogen-bond donors (Lipinski definition) is 1. The van der Waals surface area contributed by atoms with Crippen LogP contribution in [0.2, 0.25) is 0 Å². The van der Waals surface area contributed by atoms with Gasteiger partial charge in [-0.2, -0.15) is 0 Å². The van der Waals surface area contributed by atoms with Gasteiger partial charge in [-0.15, -0.1) is 4.65 Å². The van der Waals surface area contributed by atoms with Crippen LogP contribution in [0, 0.1) is 0 Å². The largest absolute Gasteiger partial charge is 0.451 e. The highest BCUT2D eigenvalue weighted by molar-refractivity contribution is 5.67. The van der Waals surface area contributed by atoms with Gasteiger partial charge in [0.1, 0.15) is 13.6 Å². The topological polar surface area (TPSA) is 40.5 Å². The summed E-state index contributed by atoms with van der Waals surface area (Å²) in [4.78, 5) is 12.4. The van der Waals surface area contributed by atoms with E-state index in [1.165, 1.54) is 11.9 Å². The first-order chi connectivity index (χ1) is 4.04. The Kier molecular flexibility index (Phi) is 1.22. The summed E-state index contributed by atoms with van der Waals surface area (Å²) < 4.78 is -0.490. The van der Waals surface area contributed by atoms with Crippen molar-refractivity contribution in [3.8, 4) is 0 Å². The van der Waals surface area contributed by atoms with Gasteiger partial charge in [-0.3, -0.25) is 4.90 Å². The van der Waals surface area contributed by atoms with E-state index >= 15 is 0 Å². The number of quaternary nitrogens is 1. The predicted molar refractivity (Wildman–Crippen MR) is 30.9 cm³/mol. The summed E-state index contributed by atoms with van der Waals surface area (Å²) in [6.45, 7) is 1.14. The van der Waals surface area contributed by atoms with Crippen LogP contribution < -0.4 is 0 Å². The molecule has 0 aromatic heterocycles. The molecule has 1 fully saturated rings. The zero-order valence-corrected chi connectivity index (χ0v) is 5.66. The van der Waals surface area contributed by atoms with Crippen molar-refractivity contribution in [3.05, 3.63) is 0 Å². The Bertz CT molecular complexity index is 144. The van der Waals surface area contributed by atoms with Crippen LogP contribution in [0.4, 0.5) is 4.79 Å². The fourth-order valence-corrected chi connectivity index (χ4v) is 0.904. The van der Waals surface area contributed by atoms with Gasteiger partial charge in [0.05, 0.1) is 6.54 Å². The van der Waals surface area contributed by atoms with Gasteiger partial charge in [-0.05, 0) is 0 Å². The predicted octanol–water partition coefficient (Wildman–Crippen LogP) is -0.112. The van der Waals surface area contributed by atoms with E-state index in [0.717, 1.165) is 0 Å². The third-order valence-electron chi connectivity index (χ3n) is 1.61. The average molecular weight is 131 g/mol. The van der Waals surface area contributed by atoms with Crippen LogP contribution in [0.1, 0.15) is 0 Å². The Morgan fingerprint density at radius 2 is 2.33 bits per heavy atom. The monoisotopic (exact) mass is 131 g/mol. The molecule has 1 saturated heterocycles. The highest BCUT2D eigenvalue weighted by Gasteiger charge is 2.40. The molecule has 52 valence electrons. The summed E-state index contributed by atoms with van der Waals surface area (Å²) in [5, 5.41) is 9.18. The van der Waals surface area contributed by atoms with Crippen molar-refractivity contribution in [2.45, 2.75) is 0 Å². The maximum Gasteiger partial charge on any atom is 0.451 e. The molecule has 0 radical (unpaired) electrons. The summed E-state index contributed by atoms with van der Waals surface area (Å²) >= 11 is 0. The van der Waals surface area contributed by atoms with Crippen molar-refractivity contribution in [1.82, 2.24) is 4.90 Å². The quantitative estimate of drug-likeness (QED) is 0.368. The molecular weight excluding hydrogens is 120 g/mol. The standard InChI is InChI=1S/C5H11N2O2/c1-6-3-4-7(2,9)5(6)8/h9H,3-4H2,1-2H3/q+1. The van der Waals surface area contributed by atoms with Gasteiger partial charge >= 0.3 is 6.03 Å². The van der Waals surface area contributed by atoms with Gasteiger partial charge in [0.2, 0.25) is 0 Å². The average Bonchev–Trinajstić information content (AvgIpc) is 1.97. The lowest BCUT2D eigenvalue weighted by Gasteiger charge is -2.13. The van der Waals surface area contributed by atoms with Gasteiger partial charge < -0.3 is 0 Å². The first-order valence-corrected chi connectivity index (χ1v) is 2.88. The van der Waals surface area contributed by atoms with Crippen LogP contribution in [-0.4, -0.2) is 48.0 Å². The van der Waals surface area contributed by atoms with Crippen molar-refractivity contribution in [2.24, 2.45) is 0 Å². The van der Waals surface area contributed by atoms with Crippen LogP contribution in [0.25, 0.3) is 0 Å². The van der Waals surface area contributed by atoms with Crippen LogP contribution in [0.15, 0.2) is 0 Å². The Morgan fingerprint density at radius 1 is 1.78 bits per heavy atom. The zero-order valence-electron chi connectivity index (χ0n) is 5.66. The minimum Gasteiger partial charge on any atom is -0.287 e. The van der Waals surface area contributed by atoms with E-state index in [0.29, 0.717) is 13.1 Å². The van der Waals surface area contributed by atoms with Crippen LogP contribution >= 0.6 is 0 Å². The van der Waals surface area contributed by atoms with E-state index < -0.39 is 4.65 Å². The fraction of sp³-hybridized carbons (Fsp3) is 0.800. The van der Waals surface area contributed by atoms with Gasteiger partial charge in [-0.1, -0.05) is 0 Å². The number of likely N-dealkylation sites (N-methyl/N-ethyl adjacent to an activating group) is 2. The lowest BCUT2D eigenvalue weighted by molar-refractivity contribution is -1.01. The van der Waals surface area contributed by atoms with E-state index in [1.807, 2.05) is 0 Å². The first-order valence-electron chi connectivity index (χ1n) is 2.88. The number of hydroxylamine groups is 3. The summed E-state index contributed by atoms with van der Waals surface area (Å²) in [5.74, 6) is 0. The molecule has 0 aromatic rings. The number of nitrogens with zero attached hydrogens (tertiary/aromatic N) is 2. The van der Waals surface area contributed by atoms with Crippen LogP contribution in [0.5, 0.6) is 0 Å². The molecule has 4 heteroatoms. The van der Waals surface area contributed by atoms with E-state index in [9.17, 15) is 10.0 Å². The van der Waals surface area contributed by atoms with E-state index in [2.05, 4.69) is 0 Å². The number of carbonyl (C=O) groups excluding carboxylic acids is 1. The maximum atomic E-state index is 10.9. The third-order valence-corrected chi connectivity index (χ3v) is 1.61. The van der Waals surface area contributed by atoms with Crippen molar-refractivity contribution >= 4 is 6.03 Å². The minimum atomic E-state index is -0.490. The molecule has 1 rings (SSSR count). The summed E-state index contributed by atoms with van der Waals surface area (Å²) in [7, 11) is 3.17. The number of hydrogen-bond acceptors (Lipinski definition) is 2. The van der Waals surface area contributed by atoms with Crippen molar-refractivity contribution < 1.29 is 14.6 Å². The highest BCUT2D eigenvalue weighted by Crippen LogP contribution is 2.09. The fourth-order valence-electron chi connectivity index (χ4n) is 0.904. The van der Waals surface area contributed by atoms with Crippen LogP contribution in [0.3, 0.4) is 0 Å². The number of amides is 2. The summed E-state index contributed by atoms with van der Waals surface area (Å²) in [6, 6.07) is -0.227. The lowest BCUT2D eigenvalue weighted by Crippen LogP contribution is -2.43. The second-order valence-corrected chi connectivity index (χ2v) is 2.57. The molecule has 0 aliphatic carbocycles. The molecule has 1 unspecified atom stereocenters. The van der Waals surface area contributed by atoms with E-state index in [4.69, 9.17) is 0 Å². The van der Waals surface area contributed by atoms with Crippen LogP contribution in [-0.2, 0) is 0 Å². The summed E-state index contributed by atoms with van der Waals surface area (Å²) in [6.07, 6.45) is 0. The van der Waals surface area contributed by atoms with Crippen molar-refractivity contribution in [3.63, 3.8) is 0 Å². The SMILES string of the molecule is CN1CC[N+](C)(O)C1=O. The second-order valence-electron chi connectivity index (χ2n) is 2.57. The Balaban J connectivity index is 2.74. The van der Waals surface area contributed by atoms with E-state index in [-0.39, 0.29) is 6.03 Å².